The predicted octanol–water partition coefficient (Wildman–Crippen LogP) is 1.24. The number of nitrogens with one attached hydrogen (secondary N) is 1. The van der Waals surface area contributed by atoms with Crippen molar-refractivity contribution in [2.45, 2.75) is 45.7 Å². The van der Waals surface area contributed by atoms with E-state index in [1.54, 1.807) is 13.8 Å². The molecule has 0 atom stereocenters. The van der Waals surface area contributed by atoms with E-state index < -0.39 is 11.5 Å². The Labute approximate surface area is 67.8 Å². The monoisotopic (exact) mass is 159 g/mol. The van der Waals surface area contributed by atoms with Crippen LogP contribution in [0.4, 0.5) is 0 Å². The maximum atomic E-state index is 10.6. The van der Waals surface area contributed by atoms with Crippen LogP contribution < -0.4 is 5.32 Å². The number of rotatable bonds is 2. The molecule has 0 aliphatic rings. The van der Waals surface area contributed by atoms with Gasteiger partial charge in [-0.05, 0) is 34.6 Å². The van der Waals surface area contributed by atoms with Gasteiger partial charge < -0.3 is 5.11 Å². The van der Waals surface area contributed by atoms with Gasteiger partial charge in [0.15, 0.2) is 0 Å². The molecule has 3 heteroatoms. The third-order valence-corrected chi connectivity index (χ3v) is 1.22. The zero-order valence-corrected chi connectivity index (χ0v) is 7.86. The van der Waals surface area contributed by atoms with Gasteiger partial charge in [0.2, 0.25) is 0 Å². The van der Waals surface area contributed by atoms with Crippen LogP contribution >= 0.6 is 0 Å². The van der Waals surface area contributed by atoms with E-state index in [1.807, 2.05) is 20.8 Å². The average Bonchev–Trinajstić information content (AvgIpc) is 1.56. The van der Waals surface area contributed by atoms with Crippen LogP contribution in [0.3, 0.4) is 0 Å². The Morgan fingerprint density at radius 3 is 1.64 bits per heavy atom. The van der Waals surface area contributed by atoms with Crippen molar-refractivity contribution in [3.63, 3.8) is 0 Å². The molecular formula is C8H17NO2. The summed E-state index contributed by atoms with van der Waals surface area (Å²) in [5.41, 5.74) is -1.01. The Morgan fingerprint density at radius 2 is 1.55 bits per heavy atom. The van der Waals surface area contributed by atoms with E-state index in [-0.39, 0.29) is 5.54 Å². The summed E-state index contributed by atoms with van der Waals surface area (Å²) in [6.07, 6.45) is 0. The molecule has 0 spiro atoms. The van der Waals surface area contributed by atoms with E-state index in [4.69, 9.17) is 5.11 Å². The third-order valence-electron chi connectivity index (χ3n) is 1.22. The highest BCUT2D eigenvalue weighted by Gasteiger charge is 2.30. The van der Waals surface area contributed by atoms with Crippen molar-refractivity contribution in [3.05, 3.63) is 0 Å². The summed E-state index contributed by atoms with van der Waals surface area (Å²) in [6, 6.07) is 0. The quantitative estimate of drug-likeness (QED) is 0.637. The lowest BCUT2D eigenvalue weighted by Crippen LogP contribution is -2.54. The fourth-order valence-corrected chi connectivity index (χ4v) is 0.991. The SMILES string of the molecule is CC(C)(C)NC(C)(C)C(=O)O. The topological polar surface area (TPSA) is 49.3 Å². The highest BCUT2D eigenvalue weighted by Crippen LogP contribution is 2.09. The van der Waals surface area contributed by atoms with Crippen molar-refractivity contribution in [2.24, 2.45) is 0 Å². The maximum absolute atomic E-state index is 10.6. The van der Waals surface area contributed by atoms with Crippen molar-refractivity contribution in [1.29, 1.82) is 0 Å². The van der Waals surface area contributed by atoms with Crippen molar-refractivity contribution in [3.8, 4) is 0 Å². The number of carbonyl (C=O) groups is 1. The molecule has 0 unspecified atom stereocenters. The highest BCUT2D eigenvalue weighted by molar-refractivity contribution is 5.77. The zero-order chi connectivity index (χ0) is 9.28. The largest absolute Gasteiger partial charge is 0.480 e. The van der Waals surface area contributed by atoms with Crippen molar-refractivity contribution in [1.82, 2.24) is 5.32 Å². The molecule has 66 valence electrons. The molecule has 0 aromatic heterocycles. The number of hydrogen-bond acceptors (Lipinski definition) is 2. The number of aliphatic carboxylic acids is 1. The summed E-state index contributed by atoms with van der Waals surface area (Å²) in [4.78, 5) is 10.6. The molecule has 0 aliphatic heterocycles. The Kier molecular flexibility index (Phi) is 2.67. The Morgan fingerprint density at radius 1 is 1.18 bits per heavy atom. The molecule has 0 saturated heterocycles. The molecule has 11 heavy (non-hydrogen) atoms. The second kappa shape index (κ2) is 2.81. The van der Waals surface area contributed by atoms with Crippen LogP contribution in [-0.2, 0) is 4.79 Å². The summed E-state index contributed by atoms with van der Waals surface area (Å²) in [5, 5.41) is 11.7. The summed E-state index contributed by atoms with van der Waals surface area (Å²) in [5.74, 6) is -0.826. The van der Waals surface area contributed by atoms with Gasteiger partial charge in [-0.1, -0.05) is 0 Å². The van der Waals surface area contributed by atoms with Crippen molar-refractivity contribution >= 4 is 5.97 Å². The first-order valence-electron chi connectivity index (χ1n) is 3.68. The second-order valence-electron chi connectivity index (χ2n) is 4.31. The minimum absolute atomic E-state index is 0.165. The highest BCUT2D eigenvalue weighted by atomic mass is 16.4. The first kappa shape index (κ1) is 10.4. The zero-order valence-electron chi connectivity index (χ0n) is 7.86. The van der Waals surface area contributed by atoms with Crippen molar-refractivity contribution < 1.29 is 9.90 Å². The molecule has 0 radical (unpaired) electrons. The van der Waals surface area contributed by atoms with E-state index in [1.165, 1.54) is 0 Å². The van der Waals surface area contributed by atoms with Gasteiger partial charge in [-0.15, -0.1) is 0 Å². The van der Waals surface area contributed by atoms with E-state index >= 15 is 0 Å². The lowest BCUT2D eigenvalue weighted by Gasteiger charge is -2.31. The number of carboxylic acid groups (broad SMARTS) is 1. The Balaban J connectivity index is 4.25. The molecule has 0 aromatic rings. The van der Waals surface area contributed by atoms with Crippen LogP contribution in [0.25, 0.3) is 0 Å². The minimum atomic E-state index is -0.849. The van der Waals surface area contributed by atoms with Crippen LogP contribution in [0.2, 0.25) is 0 Å². The van der Waals surface area contributed by atoms with Crippen LogP contribution in [0.5, 0.6) is 0 Å². The van der Waals surface area contributed by atoms with Gasteiger partial charge in [0.1, 0.15) is 5.54 Å². The minimum Gasteiger partial charge on any atom is -0.480 e. The van der Waals surface area contributed by atoms with E-state index in [0.717, 1.165) is 0 Å². The average molecular weight is 159 g/mol. The maximum Gasteiger partial charge on any atom is 0.323 e. The third kappa shape index (κ3) is 3.98. The first-order chi connectivity index (χ1) is 4.65. The molecule has 0 amide bonds. The summed E-state index contributed by atoms with van der Waals surface area (Å²) in [6.45, 7) is 9.13. The summed E-state index contributed by atoms with van der Waals surface area (Å²) in [7, 11) is 0. The van der Waals surface area contributed by atoms with Crippen LogP contribution in [0.1, 0.15) is 34.6 Å². The summed E-state index contributed by atoms with van der Waals surface area (Å²) >= 11 is 0. The standard InChI is InChI=1S/C8H17NO2/c1-7(2,3)9-8(4,5)6(10)11/h9H,1-5H3,(H,10,11). The molecule has 0 fully saturated rings. The molecule has 0 bridgehead atoms. The lowest BCUT2D eigenvalue weighted by molar-refractivity contribution is -0.144. The second-order valence-corrected chi connectivity index (χ2v) is 4.31. The molecule has 0 saturated carbocycles. The molecular weight excluding hydrogens is 142 g/mol. The molecule has 0 aromatic carbocycles. The van der Waals surface area contributed by atoms with Crippen molar-refractivity contribution in [2.75, 3.05) is 0 Å². The normalized spacial score (nSPS) is 13.2. The van der Waals surface area contributed by atoms with Gasteiger partial charge in [-0.2, -0.15) is 0 Å². The summed E-state index contributed by atoms with van der Waals surface area (Å²) < 4.78 is 0. The van der Waals surface area contributed by atoms with E-state index in [9.17, 15) is 4.79 Å². The van der Waals surface area contributed by atoms with Gasteiger partial charge in [0.05, 0.1) is 0 Å². The molecule has 0 rings (SSSR count). The molecule has 0 aliphatic carbocycles. The fourth-order valence-electron chi connectivity index (χ4n) is 0.991. The fraction of sp³-hybridized carbons (Fsp3) is 0.875. The molecule has 2 N–H and O–H groups in total. The van der Waals surface area contributed by atoms with E-state index in [2.05, 4.69) is 5.32 Å². The van der Waals surface area contributed by atoms with Gasteiger partial charge in [-0.3, -0.25) is 10.1 Å². The smallest absolute Gasteiger partial charge is 0.323 e. The Bertz CT molecular complexity index is 156. The van der Waals surface area contributed by atoms with Gasteiger partial charge in [-0.25, -0.2) is 0 Å². The predicted molar refractivity (Wildman–Crippen MR) is 44.6 cm³/mol. The van der Waals surface area contributed by atoms with Gasteiger partial charge in [0.25, 0.3) is 0 Å². The molecule has 3 nitrogen and oxygen atoms in total. The number of carboxylic acids is 1. The van der Waals surface area contributed by atoms with Crippen LogP contribution in [0.15, 0.2) is 0 Å². The first-order valence-corrected chi connectivity index (χ1v) is 3.68. The lowest BCUT2D eigenvalue weighted by atomic mass is 9.99. The Hall–Kier alpha value is -0.570. The van der Waals surface area contributed by atoms with Gasteiger partial charge >= 0.3 is 5.97 Å². The molecule has 0 heterocycles. The van der Waals surface area contributed by atoms with Gasteiger partial charge in [0, 0.05) is 5.54 Å². The van der Waals surface area contributed by atoms with Crippen LogP contribution in [0, 0.1) is 0 Å². The van der Waals surface area contributed by atoms with E-state index in [0.29, 0.717) is 0 Å². The number of hydrogen-bond donors (Lipinski definition) is 2. The van der Waals surface area contributed by atoms with Crippen LogP contribution in [-0.4, -0.2) is 22.2 Å².